The summed E-state index contributed by atoms with van der Waals surface area (Å²) in [5, 5.41) is 0.151. The monoisotopic (exact) mass is 827 g/mol. The second-order valence-corrected chi connectivity index (χ2v) is 14.3. The highest BCUT2D eigenvalue weighted by atomic mass is 79.9. The molecular formula is C43H56BrF2N3O6. The Morgan fingerprint density at radius 3 is 1.98 bits per heavy atom. The first kappa shape index (κ1) is 43.6. The van der Waals surface area contributed by atoms with Crippen molar-refractivity contribution in [3.05, 3.63) is 82.1 Å². The summed E-state index contributed by atoms with van der Waals surface area (Å²) in [5.41, 5.74) is 0.178. The molecule has 300 valence electrons. The van der Waals surface area contributed by atoms with Crippen molar-refractivity contribution in [2.45, 2.75) is 78.6 Å². The van der Waals surface area contributed by atoms with Crippen molar-refractivity contribution >= 4 is 22.5 Å². The van der Waals surface area contributed by atoms with Gasteiger partial charge in [0.2, 0.25) is 5.43 Å². The molecule has 0 bridgehead atoms. The Hall–Kier alpha value is -4.16. The number of methoxy groups -OCH3 is 1. The van der Waals surface area contributed by atoms with Gasteiger partial charge in [-0.3, -0.25) is 9.59 Å². The number of fused-ring (bicyclic) bond motifs is 1. The second-order valence-electron chi connectivity index (χ2n) is 14.3. The number of carbonyl (C=O) groups excluding carboxylic acids is 1. The normalized spacial score (nSPS) is 13.6. The molecule has 1 fully saturated rings. The topological polar surface area (TPSA) is 79.2 Å². The van der Waals surface area contributed by atoms with E-state index in [2.05, 4.69) is 7.05 Å². The molecule has 3 aromatic carbocycles. The second kappa shape index (κ2) is 20.7. The fourth-order valence-corrected chi connectivity index (χ4v) is 7.47. The van der Waals surface area contributed by atoms with Gasteiger partial charge in [-0.2, -0.15) is 0 Å². The Kier molecular flexibility index (Phi) is 16.4. The summed E-state index contributed by atoms with van der Waals surface area (Å²) >= 11 is 0. The maximum absolute atomic E-state index is 14.3. The SMILES string of the molecule is CCOc1cc(OCC)cc(-n2cc(C(=O)N(CC)c3cc(F)cc(F)c3)c(=O)c3c(OC)cc(OCCCCCCCC[N+]4(C)CCCCC4)cc32)c1.[Br-]. The van der Waals surface area contributed by atoms with Crippen molar-refractivity contribution in [1.82, 2.24) is 4.57 Å². The van der Waals surface area contributed by atoms with E-state index >= 15 is 0 Å². The smallest absolute Gasteiger partial charge is 0.263 e. The molecule has 4 aromatic rings. The van der Waals surface area contributed by atoms with Crippen LogP contribution in [0, 0.1) is 11.6 Å². The van der Waals surface area contributed by atoms with E-state index in [4.69, 9.17) is 18.9 Å². The third-order valence-electron chi connectivity index (χ3n) is 10.2. The molecule has 55 heavy (non-hydrogen) atoms. The fraction of sp³-hybridized carbons (Fsp3) is 0.488. The largest absolute Gasteiger partial charge is 1.00 e. The molecule has 1 amide bonds. The van der Waals surface area contributed by atoms with Gasteiger partial charge in [-0.15, -0.1) is 0 Å². The van der Waals surface area contributed by atoms with E-state index in [9.17, 15) is 18.4 Å². The molecule has 1 saturated heterocycles. The van der Waals surface area contributed by atoms with Gasteiger partial charge in [0.1, 0.15) is 40.2 Å². The number of aromatic nitrogens is 1. The van der Waals surface area contributed by atoms with Gasteiger partial charge < -0.3 is 49.9 Å². The molecule has 0 unspecified atom stereocenters. The summed E-state index contributed by atoms with van der Waals surface area (Å²) < 4.78 is 55.2. The number of rotatable bonds is 19. The molecule has 0 atom stereocenters. The standard InChI is InChI=1S/C43H56F2N3O6.BrH/c1-6-46(33-23-31(44)22-32(45)24-33)43(50)38-30-47(34-25-35(52-7-2)27-36(26-34)53-8-3)39-28-37(29-40(51-5)41(39)42(38)49)54-21-17-12-10-9-11-14-18-48(4)19-15-13-16-20-48;/h22-30H,6-21H2,1-5H3;1H/q+1;/p-1. The minimum Gasteiger partial charge on any atom is -1.00 e. The van der Waals surface area contributed by atoms with Crippen molar-refractivity contribution in [2.24, 2.45) is 0 Å². The highest BCUT2D eigenvalue weighted by molar-refractivity contribution is 6.08. The Morgan fingerprint density at radius 2 is 1.38 bits per heavy atom. The lowest BCUT2D eigenvalue weighted by Gasteiger charge is -2.37. The van der Waals surface area contributed by atoms with Crippen LogP contribution in [-0.2, 0) is 0 Å². The maximum Gasteiger partial charge on any atom is 0.263 e. The first-order valence-electron chi connectivity index (χ1n) is 19.5. The molecule has 0 radical (unpaired) electrons. The lowest BCUT2D eigenvalue weighted by molar-refractivity contribution is -0.914. The molecule has 12 heteroatoms. The molecule has 1 aromatic heterocycles. The molecule has 1 aliphatic heterocycles. The Morgan fingerprint density at radius 1 is 0.782 bits per heavy atom. The average molecular weight is 829 g/mol. The van der Waals surface area contributed by atoms with Gasteiger partial charge in [0, 0.05) is 54.8 Å². The number of halogens is 3. The van der Waals surface area contributed by atoms with Crippen LogP contribution in [0.3, 0.4) is 0 Å². The van der Waals surface area contributed by atoms with Gasteiger partial charge in [0.15, 0.2) is 0 Å². The molecule has 9 nitrogen and oxygen atoms in total. The number of piperidine rings is 1. The van der Waals surface area contributed by atoms with Crippen LogP contribution in [0.4, 0.5) is 14.5 Å². The average Bonchev–Trinajstić information content (AvgIpc) is 3.14. The Balaban J connectivity index is 0.00000673. The lowest BCUT2D eigenvalue weighted by atomic mass is 10.1. The lowest BCUT2D eigenvalue weighted by Crippen LogP contribution is -3.00. The zero-order chi connectivity index (χ0) is 38.7. The zero-order valence-corrected chi connectivity index (χ0v) is 34.5. The van der Waals surface area contributed by atoms with Crippen molar-refractivity contribution in [3.63, 3.8) is 0 Å². The first-order chi connectivity index (χ1) is 26.1. The summed E-state index contributed by atoms with van der Waals surface area (Å²) in [6.07, 6.45) is 12.4. The van der Waals surface area contributed by atoms with Crippen molar-refractivity contribution in [3.8, 4) is 28.7 Å². The van der Waals surface area contributed by atoms with E-state index in [-0.39, 0.29) is 45.9 Å². The van der Waals surface area contributed by atoms with Crippen LogP contribution in [0.25, 0.3) is 16.6 Å². The highest BCUT2D eigenvalue weighted by Gasteiger charge is 2.26. The number of hydrogen-bond acceptors (Lipinski definition) is 6. The van der Waals surface area contributed by atoms with E-state index in [1.165, 1.54) is 80.8 Å². The molecule has 0 N–H and O–H groups in total. The quantitative estimate of drug-likeness (QED) is 0.0842. The summed E-state index contributed by atoms with van der Waals surface area (Å²) in [5.74, 6) is -0.588. The number of quaternary nitrogens is 1. The van der Waals surface area contributed by atoms with E-state index in [0.717, 1.165) is 37.5 Å². The van der Waals surface area contributed by atoms with Crippen molar-refractivity contribution in [1.29, 1.82) is 0 Å². The molecule has 0 spiro atoms. The summed E-state index contributed by atoms with van der Waals surface area (Å²) in [4.78, 5) is 29.6. The Labute approximate surface area is 334 Å². The molecule has 0 saturated carbocycles. The van der Waals surface area contributed by atoms with Crippen LogP contribution in [-0.4, -0.2) is 75.1 Å². The summed E-state index contributed by atoms with van der Waals surface area (Å²) in [6, 6.07) is 11.6. The van der Waals surface area contributed by atoms with Crippen molar-refractivity contribution < 1.29 is 54.0 Å². The summed E-state index contributed by atoms with van der Waals surface area (Å²) in [7, 11) is 3.87. The number of unbranched alkanes of at least 4 members (excludes halogenated alkanes) is 5. The van der Waals surface area contributed by atoms with Gasteiger partial charge in [-0.05, 0) is 71.4 Å². The number of nitrogens with zero attached hydrogens (tertiary/aromatic N) is 3. The third kappa shape index (κ3) is 11.2. The summed E-state index contributed by atoms with van der Waals surface area (Å²) in [6.45, 7) is 10.7. The van der Waals surface area contributed by atoms with Gasteiger partial charge in [0.25, 0.3) is 5.91 Å². The number of benzene rings is 3. The van der Waals surface area contributed by atoms with Crippen LogP contribution in [0.15, 0.2) is 59.5 Å². The van der Waals surface area contributed by atoms with Crippen molar-refractivity contribution in [2.75, 3.05) is 65.1 Å². The number of ether oxygens (including phenoxy) is 4. The maximum atomic E-state index is 14.3. The van der Waals surface area contributed by atoms with Crippen LogP contribution in [0.5, 0.6) is 23.0 Å². The number of carbonyl (C=O) groups is 1. The number of amides is 1. The number of hydrogen-bond donors (Lipinski definition) is 0. The van der Waals surface area contributed by atoms with Crippen LogP contribution >= 0.6 is 0 Å². The number of pyridine rings is 1. The minimum absolute atomic E-state index is 0. The molecule has 1 aliphatic rings. The predicted octanol–water partition coefficient (Wildman–Crippen LogP) is 6.10. The predicted molar refractivity (Wildman–Crippen MR) is 210 cm³/mol. The Bertz CT molecular complexity index is 1900. The van der Waals surface area contributed by atoms with E-state index in [0.29, 0.717) is 48.3 Å². The first-order valence-corrected chi connectivity index (χ1v) is 19.5. The van der Waals surface area contributed by atoms with Crippen LogP contribution < -0.4 is 46.3 Å². The molecule has 5 rings (SSSR count). The van der Waals surface area contributed by atoms with Gasteiger partial charge >= 0.3 is 0 Å². The van der Waals surface area contributed by atoms with E-state index < -0.39 is 23.0 Å². The number of anilines is 1. The minimum atomic E-state index is -0.837. The van der Waals surface area contributed by atoms with Crippen LogP contribution in [0.1, 0.15) is 88.9 Å². The van der Waals surface area contributed by atoms with Gasteiger partial charge in [-0.25, -0.2) is 8.78 Å². The number of likely N-dealkylation sites (tertiary alicyclic amines) is 1. The molecule has 0 aliphatic carbocycles. The van der Waals surface area contributed by atoms with E-state index in [1.54, 1.807) is 41.8 Å². The zero-order valence-electron chi connectivity index (χ0n) is 32.9. The van der Waals surface area contributed by atoms with Gasteiger partial charge in [0.05, 0.1) is 70.2 Å². The highest BCUT2D eigenvalue weighted by Crippen LogP contribution is 2.34. The molecular weight excluding hydrogens is 772 g/mol. The van der Waals surface area contributed by atoms with Crippen LogP contribution in [0.2, 0.25) is 0 Å². The third-order valence-corrected chi connectivity index (χ3v) is 10.2. The fourth-order valence-electron chi connectivity index (χ4n) is 7.47. The molecule has 2 heterocycles. The van der Waals surface area contributed by atoms with E-state index in [1.807, 2.05) is 13.8 Å². The van der Waals surface area contributed by atoms with Gasteiger partial charge in [-0.1, -0.05) is 19.3 Å².